The lowest BCUT2D eigenvalue weighted by atomic mass is 10.1. The minimum Gasteiger partial charge on any atom is -0.490 e. The van der Waals surface area contributed by atoms with Crippen LogP contribution in [0, 0.1) is 0 Å². The number of ether oxygens (including phenoxy) is 3. The van der Waals surface area contributed by atoms with Crippen LogP contribution in [0.2, 0.25) is 0 Å². The molecule has 0 radical (unpaired) electrons. The molecule has 1 saturated heterocycles. The van der Waals surface area contributed by atoms with Crippen molar-refractivity contribution in [3.63, 3.8) is 0 Å². The molecule has 1 aromatic carbocycles. The third-order valence-electron chi connectivity index (χ3n) is 4.86. The third-order valence-corrected chi connectivity index (χ3v) is 4.86. The summed E-state index contributed by atoms with van der Waals surface area (Å²) in [6, 6.07) is 6.03. The number of hydrogen-bond donors (Lipinski definition) is 2. The SMILES string of the molecule is CC(CN(C)Cc1n[nH]c2ccc(OC3CCOCC3)cc12)OC(=O)NC(C)(C)C. The van der Waals surface area contributed by atoms with Crippen molar-refractivity contribution >= 4 is 17.0 Å². The van der Waals surface area contributed by atoms with Gasteiger partial charge in [0.2, 0.25) is 0 Å². The molecule has 0 aliphatic carbocycles. The highest BCUT2D eigenvalue weighted by atomic mass is 16.6. The van der Waals surface area contributed by atoms with Gasteiger partial charge in [0.1, 0.15) is 18.0 Å². The Balaban J connectivity index is 1.57. The molecule has 0 spiro atoms. The Labute approximate surface area is 178 Å². The minimum atomic E-state index is -0.400. The zero-order valence-corrected chi connectivity index (χ0v) is 18.7. The average molecular weight is 419 g/mol. The molecule has 1 aromatic heterocycles. The lowest BCUT2D eigenvalue weighted by Crippen LogP contribution is -2.43. The maximum absolute atomic E-state index is 12.0. The second-order valence-corrected chi connectivity index (χ2v) is 9.09. The van der Waals surface area contributed by atoms with Crippen LogP contribution in [-0.2, 0) is 16.0 Å². The van der Waals surface area contributed by atoms with Gasteiger partial charge in [0.25, 0.3) is 0 Å². The molecule has 3 rings (SSSR count). The van der Waals surface area contributed by atoms with Crippen LogP contribution in [0.3, 0.4) is 0 Å². The fourth-order valence-electron chi connectivity index (χ4n) is 3.54. The van der Waals surface area contributed by atoms with E-state index in [1.165, 1.54) is 0 Å². The molecule has 166 valence electrons. The summed E-state index contributed by atoms with van der Waals surface area (Å²) in [5.74, 6) is 0.857. The number of hydrogen-bond acceptors (Lipinski definition) is 6. The van der Waals surface area contributed by atoms with E-state index >= 15 is 0 Å². The Kier molecular flexibility index (Phi) is 7.20. The van der Waals surface area contributed by atoms with Crippen LogP contribution in [0.25, 0.3) is 10.9 Å². The lowest BCUT2D eigenvalue weighted by Gasteiger charge is -2.24. The minimum absolute atomic E-state index is 0.200. The van der Waals surface area contributed by atoms with Gasteiger partial charge in [0, 0.05) is 36.9 Å². The molecule has 1 aliphatic heterocycles. The van der Waals surface area contributed by atoms with Gasteiger partial charge in [0.05, 0.1) is 24.4 Å². The standard InChI is InChI=1S/C22H34N4O4/c1-15(29-21(27)23-22(2,3)4)13-26(5)14-20-18-12-17(6-7-19(18)24-25-20)30-16-8-10-28-11-9-16/h6-7,12,15-16H,8-11,13-14H2,1-5H3,(H,23,27)(H,24,25). The van der Waals surface area contributed by atoms with Crippen molar-refractivity contribution in [2.24, 2.45) is 0 Å². The van der Waals surface area contributed by atoms with E-state index in [2.05, 4.69) is 20.4 Å². The number of likely N-dealkylation sites (N-methyl/N-ethyl adjacent to an activating group) is 1. The fraction of sp³-hybridized carbons (Fsp3) is 0.636. The first-order valence-corrected chi connectivity index (χ1v) is 10.6. The predicted molar refractivity (Wildman–Crippen MR) is 116 cm³/mol. The molecule has 0 bridgehead atoms. The number of aromatic amines is 1. The number of fused-ring (bicyclic) bond motifs is 1. The maximum atomic E-state index is 12.0. The van der Waals surface area contributed by atoms with Crippen LogP contribution >= 0.6 is 0 Å². The first kappa shape index (κ1) is 22.4. The summed E-state index contributed by atoms with van der Waals surface area (Å²) in [5, 5.41) is 11.4. The molecule has 1 atom stereocenters. The highest BCUT2D eigenvalue weighted by molar-refractivity contribution is 5.82. The average Bonchev–Trinajstić information content (AvgIpc) is 3.02. The molecule has 8 nitrogen and oxygen atoms in total. The number of H-pyrrole nitrogens is 1. The van der Waals surface area contributed by atoms with E-state index in [1.807, 2.05) is 52.9 Å². The highest BCUT2D eigenvalue weighted by Crippen LogP contribution is 2.25. The Morgan fingerprint density at radius 2 is 2.10 bits per heavy atom. The first-order valence-electron chi connectivity index (χ1n) is 10.6. The van der Waals surface area contributed by atoms with E-state index in [1.54, 1.807) is 0 Å². The van der Waals surface area contributed by atoms with E-state index in [0.717, 1.165) is 48.4 Å². The van der Waals surface area contributed by atoms with Gasteiger partial charge < -0.3 is 19.5 Å². The van der Waals surface area contributed by atoms with Crippen molar-refractivity contribution in [2.75, 3.05) is 26.8 Å². The fourth-order valence-corrected chi connectivity index (χ4v) is 3.54. The quantitative estimate of drug-likeness (QED) is 0.716. The van der Waals surface area contributed by atoms with Crippen molar-refractivity contribution in [3.05, 3.63) is 23.9 Å². The van der Waals surface area contributed by atoms with Gasteiger partial charge in [-0.15, -0.1) is 0 Å². The zero-order chi connectivity index (χ0) is 21.7. The van der Waals surface area contributed by atoms with Crippen molar-refractivity contribution in [1.29, 1.82) is 0 Å². The predicted octanol–water partition coefficient (Wildman–Crippen LogP) is 3.47. The molecule has 1 aliphatic rings. The Hall–Kier alpha value is -2.32. The zero-order valence-electron chi connectivity index (χ0n) is 18.7. The Bertz CT molecular complexity index is 839. The normalized spacial score (nSPS) is 16.6. The largest absolute Gasteiger partial charge is 0.490 e. The van der Waals surface area contributed by atoms with Crippen molar-refractivity contribution < 1.29 is 19.0 Å². The Morgan fingerprint density at radius 1 is 1.37 bits per heavy atom. The summed E-state index contributed by atoms with van der Waals surface area (Å²) in [6.45, 7) is 10.4. The molecule has 1 amide bonds. The summed E-state index contributed by atoms with van der Waals surface area (Å²) < 4.78 is 17.0. The van der Waals surface area contributed by atoms with E-state index in [9.17, 15) is 4.79 Å². The number of nitrogens with zero attached hydrogens (tertiary/aromatic N) is 2. The highest BCUT2D eigenvalue weighted by Gasteiger charge is 2.19. The molecule has 0 saturated carbocycles. The van der Waals surface area contributed by atoms with Crippen molar-refractivity contribution in [2.45, 2.75) is 64.8 Å². The van der Waals surface area contributed by atoms with Crippen LogP contribution < -0.4 is 10.1 Å². The van der Waals surface area contributed by atoms with Gasteiger partial charge in [-0.2, -0.15) is 5.10 Å². The molecule has 1 fully saturated rings. The number of alkyl carbamates (subject to hydrolysis) is 1. The second-order valence-electron chi connectivity index (χ2n) is 9.09. The summed E-state index contributed by atoms with van der Waals surface area (Å²) in [4.78, 5) is 14.0. The van der Waals surface area contributed by atoms with Gasteiger partial charge in [0.15, 0.2) is 0 Å². The number of carbonyl (C=O) groups is 1. The molecule has 2 N–H and O–H groups in total. The van der Waals surface area contributed by atoms with Crippen LogP contribution in [0.4, 0.5) is 4.79 Å². The van der Waals surface area contributed by atoms with Crippen molar-refractivity contribution in [1.82, 2.24) is 20.4 Å². The lowest BCUT2D eigenvalue weighted by molar-refractivity contribution is 0.0256. The third kappa shape index (κ3) is 6.60. The number of carbonyl (C=O) groups excluding carboxylic acids is 1. The van der Waals surface area contributed by atoms with Crippen LogP contribution in [0.5, 0.6) is 5.75 Å². The van der Waals surface area contributed by atoms with E-state index < -0.39 is 6.09 Å². The summed E-state index contributed by atoms with van der Waals surface area (Å²) in [7, 11) is 1.99. The Morgan fingerprint density at radius 3 is 2.80 bits per heavy atom. The van der Waals surface area contributed by atoms with E-state index in [4.69, 9.17) is 14.2 Å². The van der Waals surface area contributed by atoms with Crippen molar-refractivity contribution in [3.8, 4) is 5.75 Å². The summed E-state index contributed by atoms with van der Waals surface area (Å²) in [5.41, 5.74) is 1.60. The van der Waals surface area contributed by atoms with Crippen LogP contribution in [-0.4, -0.2) is 65.7 Å². The second kappa shape index (κ2) is 9.66. The summed E-state index contributed by atoms with van der Waals surface area (Å²) >= 11 is 0. The maximum Gasteiger partial charge on any atom is 0.407 e. The number of aromatic nitrogens is 2. The number of nitrogens with one attached hydrogen (secondary N) is 2. The topological polar surface area (TPSA) is 88.7 Å². The molecule has 2 aromatic rings. The molecule has 30 heavy (non-hydrogen) atoms. The van der Waals surface area contributed by atoms with Gasteiger partial charge >= 0.3 is 6.09 Å². The van der Waals surface area contributed by atoms with Crippen LogP contribution in [0.15, 0.2) is 18.2 Å². The van der Waals surface area contributed by atoms with E-state index in [0.29, 0.717) is 13.1 Å². The number of amides is 1. The molecule has 1 unspecified atom stereocenters. The van der Waals surface area contributed by atoms with E-state index in [-0.39, 0.29) is 17.7 Å². The van der Waals surface area contributed by atoms with Gasteiger partial charge in [-0.3, -0.25) is 10.00 Å². The molecular weight excluding hydrogens is 384 g/mol. The molecular formula is C22H34N4O4. The first-order chi connectivity index (χ1) is 14.2. The monoisotopic (exact) mass is 418 g/mol. The van der Waals surface area contributed by atoms with Gasteiger partial charge in [-0.1, -0.05) is 0 Å². The van der Waals surface area contributed by atoms with Gasteiger partial charge in [-0.25, -0.2) is 4.79 Å². The summed E-state index contributed by atoms with van der Waals surface area (Å²) in [6.07, 6.45) is 1.39. The number of benzene rings is 1. The number of rotatable bonds is 7. The van der Waals surface area contributed by atoms with Gasteiger partial charge in [-0.05, 0) is 52.9 Å². The molecule has 2 heterocycles. The van der Waals surface area contributed by atoms with Crippen LogP contribution in [0.1, 0.15) is 46.2 Å². The molecule has 8 heteroatoms. The smallest absolute Gasteiger partial charge is 0.407 e.